The largest absolute Gasteiger partial charge is 0.309 e. The Morgan fingerprint density at radius 2 is 0.833 bits per heavy atom. The molecule has 7 aromatic carbocycles. The van der Waals surface area contributed by atoms with Gasteiger partial charge < -0.3 is 4.57 Å². The number of hydrogen-bond donors (Lipinski definition) is 0. The molecule has 0 saturated carbocycles. The van der Waals surface area contributed by atoms with Crippen molar-refractivity contribution in [1.29, 1.82) is 0 Å². The van der Waals surface area contributed by atoms with E-state index in [9.17, 15) is 0 Å². The Bertz CT molecular complexity index is 2760. The molecule has 0 bridgehead atoms. The van der Waals surface area contributed by atoms with Crippen molar-refractivity contribution in [1.82, 2.24) is 24.1 Å². The van der Waals surface area contributed by atoms with Crippen molar-refractivity contribution < 1.29 is 0 Å². The van der Waals surface area contributed by atoms with Crippen molar-refractivity contribution >= 4 is 54.4 Å². The summed E-state index contributed by atoms with van der Waals surface area (Å²) in [5.41, 5.74) is 7.52. The average Bonchev–Trinajstić information content (AvgIpc) is 3.69. The number of aromatic nitrogens is 5. The molecule has 10 rings (SSSR count). The van der Waals surface area contributed by atoms with Gasteiger partial charge in [0.05, 0.1) is 22.1 Å². The van der Waals surface area contributed by atoms with Gasteiger partial charge in [0.2, 0.25) is 5.95 Å². The average molecular weight is 614 g/mol. The first-order valence-electron chi connectivity index (χ1n) is 16.1. The molecule has 5 nitrogen and oxygen atoms in total. The van der Waals surface area contributed by atoms with Crippen LogP contribution >= 0.6 is 0 Å². The maximum absolute atomic E-state index is 5.17. The van der Waals surface area contributed by atoms with Gasteiger partial charge in [-0.3, -0.25) is 4.57 Å². The van der Waals surface area contributed by atoms with E-state index < -0.39 is 0 Å². The lowest BCUT2D eigenvalue weighted by molar-refractivity contribution is 0.955. The lowest BCUT2D eigenvalue weighted by atomic mass is 10.0. The zero-order valence-electron chi connectivity index (χ0n) is 25.8. The number of nitrogens with zero attached hydrogens (tertiary/aromatic N) is 5. The Morgan fingerprint density at radius 3 is 1.50 bits per heavy atom. The van der Waals surface area contributed by atoms with Gasteiger partial charge in [0, 0.05) is 43.7 Å². The molecule has 0 spiro atoms. The van der Waals surface area contributed by atoms with Gasteiger partial charge in [-0.25, -0.2) is 4.98 Å². The van der Waals surface area contributed by atoms with Crippen molar-refractivity contribution in [2.24, 2.45) is 0 Å². The third kappa shape index (κ3) is 3.94. The summed E-state index contributed by atoms with van der Waals surface area (Å²) in [4.78, 5) is 15.3. The van der Waals surface area contributed by atoms with Crippen LogP contribution in [0, 0.1) is 0 Å². The van der Waals surface area contributed by atoms with Gasteiger partial charge in [-0.2, -0.15) is 9.97 Å². The number of benzene rings is 7. The smallest absolute Gasteiger partial charge is 0.238 e. The highest BCUT2D eigenvalue weighted by Gasteiger charge is 2.21. The Hall–Kier alpha value is -6.59. The van der Waals surface area contributed by atoms with Crippen molar-refractivity contribution in [3.63, 3.8) is 0 Å². The molecule has 0 unspecified atom stereocenters. The second kappa shape index (κ2) is 10.5. The molecule has 0 radical (unpaired) electrons. The molecule has 48 heavy (non-hydrogen) atoms. The molecular weight excluding hydrogens is 587 g/mol. The van der Waals surface area contributed by atoms with E-state index in [4.69, 9.17) is 15.0 Å². The predicted octanol–water partition coefficient (Wildman–Crippen LogP) is 10.6. The van der Waals surface area contributed by atoms with E-state index >= 15 is 0 Å². The maximum atomic E-state index is 5.17. The fourth-order valence-corrected chi connectivity index (χ4v) is 7.29. The van der Waals surface area contributed by atoms with Gasteiger partial charge in [0.15, 0.2) is 11.6 Å². The van der Waals surface area contributed by atoms with Crippen LogP contribution in [0.1, 0.15) is 0 Å². The summed E-state index contributed by atoms with van der Waals surface area (Å²) in [6.07, 6.45) is 0. The van der Waals surface area contributed by atoms with Crippen LogP contribution in [0.4, 0.5) is 0 Å². The van der Waals surface area contributed by atoms with Gasteiger partial charge in [0.25, 0.3) is 0 Å². The van der Waals surface area contributed by atoms with Crippen LogP contribution in [0.5, 0.6) is 0 Å². The summed E-state index contributed by atoms with van der Waals surface area (Å²) < 4.78 is 4.60. The number of para-hydroxylation sites is 3. The van der Waals surface area contributed by atoms with E-state index in [2.05, 4.69) is 112 Å². The Balaban J connectivity index is 1.34. The molecule has 3 aromatic heterocycles. The molecule has 0 aliphatic rings. The molecule has 0 amide bonds. The minimum atomic E-state index is 0.591. The maximum Gasteiger partial charge on any atom is 0.238 e. The van der Waals surface area contributed by atoms with Crippen LogP contribution in [0.25, 0.3) is 88.8 Å². The van der Waals surface area contributed by atoms with Crippen LogP contribution in [0.15, 0.2) is 164 Å². The van der Waals surface area contributed by atoms with Gasteiger partial charge in [-0.05, 0) is 35.7 Å². The lowest BCUT2D eigenvalue weighted by Crippen LogP contribution is -2.06. The second-order valence-electron chi connectivity index (χ2n) is 12.1. The topological polar surface area (TPSA) is 48.5 Å². The Labute approximate surface area is 276 Å². The standard InChI is InChI=1S/C43H27N5/c1-4-14-28(15-5-1)41-44-42(29-16-6-2-7-17-29)46-43(45-41)48-36-22-12-10-20-31(36)33-25-24-32-34(40(33)48)26-27-38-39(32)35-21-11-13-23-37(35)47(38)30-18-8-3-9-19-30/h1-27H. The first kappa shape index (κ1) is 26.6. The molecule has 0 N–H and O–H groups in total. The van der Waals surface area contributed by atoms with Crippen LogP contribution < -0.4 is 0 Å². The highest BCUT2D eigenvalue weighted by Crippen LogP contribution is 2.42. The quantitative estimate of drug-likeness (QED) is 0.198. The summed E-state index contributed by atoms with van der Waals surface area (Å²) >= 11 is 0. The summed E-state index contributed by atoms with van der Waals surface area (Å²) in [5.74, 6) is 1.87. The molecule has 10 aromatic rings. The molecule has 5 heteroatoms. The summed E-state index contributed by atoms with van der Waals surface area (Å²) in [6, 6.07) is 57.2. The molecule has 0 saturated heterocycles. The first-order chi connectivity index (χ1) is 23.8. The molecule has 0 aliphatic heterocycles. The minimum absolute atomic E-state index is 0.591. The van der Waals surface area contributed by atoms with Crippen LogP contribution in [-0.2, 0) is 0 Å². The van der Waals surface area contributed by atoms with E-state index in [-0.39, 0.29) is 0 Å². The van der Waals surface area contributed by atoms with Crippen molar-refractivity contribution in [3.8, 4) is 34.4 Å². The van der Waals surface area contributed by atoms with Crippen molar-refractivity contribution in [2.75, 3.05) is 0 Å². The van der Waals surface area contributed by atoms with E-state index in [0.29, 0.717) is 17.6 Å². The number of fused-ring (bicyclic) bond motifs is 9. The highest BCUT2D eigenvalue weighted by molar-refractivity contribution is 6.27. The normalized spacial score (nSPS) is 11.8. The first-order valence-corrected chi connectivity index (χ1v) is 16.1. The minimum Gasteiger partial charge on any atom is -0.309 e. The van der Waals surface area contributed by atoms with Crippen LogP contribution in [-0.4, -0.2) is 24.1 Å². The van der Waals surface area contributed by atoms with E-state index in [0.717, 1.165) is 44.0 Å². The second-order valence-corrected chi connectivity index (χ2v) is 12.1. The predicted molar refractivity (Wildman–Crippen MR) is 197 cm³/mol. The summed E-state index contributed by atoms with van der Waals surface area (Å²) in [5, 5.41) is 7.11. The van der Waals surface area contributed by atoms with Crippen molar-refractivity contribution in [3.05, 3.63) is 164 Å². The molecule has 0 fully saturated rings. The Morgan fingerprint density at radius 1 is 0.333 bits per heavy atom. The number of hydrogen-bond acceptors (Lipinski definition) is 3. The van der Waals surface area contributed by atoms with Gasteiger partial charge in [-0.15, -0.1) is 0 Å². The van der Waals surface area contributed by atoms with Crippen LogP contribution in [0.3, 0.4) is 0 Å². The highest BCUT2D eigenvalue weighted by atomic mass is 15.2. The van der Waals surface area contributed by atoms with Gasteiger partial charge in [-0.1, -0.05) is 133 Å². The molecular formula is C43H27N5. The Kier molecular flexibility index (Phi) is 5.81. The summed E-state index contributed by atoms with van der Waals surface area (Å²) in [6.45, 7) is 0. The van der Waals surface area contributed by atoms with Crippen LogP contribution in [0.2, 0.25) is 0 Å². The van der Waals surface area contributed by atoms with Crippen molar-refractivity contribution in [2.45, 2.75) is 0 Å². The van der Waals surface area contributed by atoms with E-state index in [1.807, 2.05) is 60.7 Å². The summed E-state index contributed by atoms with van der Waals surface area (Å²) in [7, 11) is 0. The molecule has 0 aliphatic carbocycles. The third-order valence-corrected chi connectivity index (χ3v) is 9.37. The molecule has 3 heterocycles. The fourth-order valence-electron chi connectivity index (χ4n) is 7.29. The monoisotopic (exact) mass is 613 g/mol. The lowest BCUT2D eigenvalue weighted by Gasteiger charge is -2.12. The zero-order chi connectivity index (χ0) is 31.6. The number of rotatable bonds is 4. The van der Waals surface area contributed by atoms with E-state index in [1.165, 1.54) is 27.2 Å². The zero-order valence-corrected chi connectivity index (χ0v) is 25.8. The molecule has 224 valence electrons. The van der Waals surface area contributed by atoms with E-state index in [1.54, 1.807) is 0 Å². The fraction of sp³-hybridized carbons (Fsp3) is 0. The van der Waals surface area contributed by atoms with Gasteiger partial charge >= 0.3 is 0 Å². The molecule has 0 atom stereocenters. The SMILES string of the molecule is c1ccc(-c2nc(-c3ccccc3)nc(-n3c4ccccc4c4ccc5c(ccc6c5c5ccccc5n6-c5ccccc5)c43)n2)cc1. The van der Waals surface area contributed by atoms with Gasteiger partial charge in [0.1, 0.15) is 0 Å². The third-order valence-electron chi connectivity index (χ3n) is 9.37.